The van der Waals surface area contributed by atoms with Gasteiger partial charge < -0.3 is 15.0 Å². The van der Waals surface area contributed by atoms with Gasteiger partial charge in [0, 0.05) is 35.6 Å². The number of hydrogen-bond acceptors (Lipinski definition) is 4. The first kappa shape index (κ1) is 22.4. The van der Waals surface area contributed by atoms with E-state index in [2.05, 4.69) is 38.0 Å². The number of carbonyl (C=O) groups excluding carboxylic acids is 1. The number of fused-ring (bicyclic) bond motifs is 1. The van der Waals surface area contributed by atoms with Crippen LogP contribution in [-0.2, 0) is 4.79 Å². The Balaban J connectivity index is 2.00. The van der Waals surface area contributed by atoms with Crippen molar-refractivity contribution in [2.45, 2.75) is 52.5 Å². The molecular weight excluding hydrogens is 386 g/mol. The molecule has 2 aromatic rings. The van der Waals surface area contributed by atoms with Crippen LogP contribution in [0.25, 0.3) is 6.08 Å². The molecule has 0 aromatic heterocycles. The second-order valence-corrected chi connectivity index (χ2v) is 9.07. The molecule has 0 fully saturated rings. The number of nitrogens with one attached hydrogen (secondary N) is 1. The monoisotopic (exact) mass is 417 g/mol. The minimum absolute atomic E-state index is 0.0374. The van der Waals surface area contributed by atoms with E-state index in [1.807, 2.05) is 50.2 Å². The maximum absolute atomic E-state index is 12.8. The van der Waals surface area contributed by atoms with E-state index in [1.165, 1.54) is 5.56 Å². The normalized spacial score (nSPS) is 17.5. The van der Waals surface area contributed by atoms with Gasteiger partial charge in [-0.3, -0.25) is 4.79 Å². The van der Waals surface area contributed by atoms with Gasteiger partial charge >= 0.3 is 0 Å². The predicted molar refractivity (Wildman–Crippen MR) is 127 cm³/mol. The zero-order chi connectivity index (χ0) is 22.9. The lowest BCUT2D eigenvalue weighted by Crippen LogP contribution is -2.45. The third-order valence-corrected chi connectivity index (χ3v) is 6.28. The molecule has 1 amide bonds. The zero-order valence-electron chi connectivity index (χ0n) is 19.5. The van der Waals surface area contributed by atoms with E-state index in [-0.39, 0.29) is 11.1 Å². The highest BCUT2D eigenvalue weighted by atomic mass is 16.5. The van der Waals surface area contributed by atoms with E-state index in [0.29, 0.717) is 17.4 Å². The first-order chi connectivity index (χ1) is 14.6. The van der Waals surface area contributed by atoms with Crippen molar-refractivity contribution in [3.05, 3.63) is 58.2 Å². The predicted octanol–water partition coefficient (Wildman–Crippen LogP) is 5.58. The van der Waals surface area contributed by atoms with Crippen molar-refractivity contribution in [3.8, 4) is 11.8 Å². The maximum Gasteiger partial charge on any atom is 0.266 e. The van der Waals surface area contributed by atoms with Crippen LogP contribution in [0, 0.1) is 25.2 Å². The Morgan fingerprint density at radius 1 is 1.29 bits per heavy atom. The topological polar surface area (TPSA) is 65.4 Å². The third-order valence-electron chi connectivity index (χ3n) is 6.28. The molecule has 5 heteroatoms. The average Bonchev–Trinajstić information content (AvgIpc) is 2.71. The molecule has 0 spiro atoms. The van der Waals surface area contributed by atoms with Gasteiger partial charge in [0.05, 0.1) is 7.11 Å². The van der Waals surface area contributed by atoms with Crippen molar-refractivity contribution in [3.63, 3.8) is 0 Å². The molecule has 1 aliphatic heterocycles. The molecule has 1 heterocycles. The van der Waals surface area contributed by atoms with E-state index in [0.717, 1.165) is 28.8 Å². The van der Waals surface area contributed by atoms with Crippen molar-refractivity contribution in [1.29, 1.82) is 5.26 Å². The summed E-state index contributed by atoms with van der Waals surface area (Å²) in [4.78, 5) is 15.1. The molecule has 2 aromatic carbocycles. The molecule has 1 unspecified atom stereocenters. The molecule has 1 atom stereocenters. The van der Waals surface area contributed by atoms with Crippen LogP contribution in [0.3, 0.4) is 0 Å². The molecule has 0 radical (unpaired) electrons. The summed E-state index contributed by atoms with van der Waals surface area (Å²) in [6.45, 7) is 10.6. The summed E-state index contributed by atoms with van der Waals surface area (Å²) in [6, 6.07) is 11.9. The van der Waals surface area contributed by atoms with Gasteiger partial charge in [-0.2, -0.15) is 5.26 Å². The molecule has 3 rings (SSSR count). The second-order valence-electron chi connectivity index (χ2n) is 9.07. The summed E-state index contributed by atoms with van der Waals surface area (Å²) >= 11 is 0. The molecule has 0 bridgehead atoms. The molecule has 1 aliphatic rings. The highest BCUT2D eigenvalue weighted by Gasteiger charge is 2.34. The number of carbonyl (C=O) groups is 1. The van der Waals surface area contributed by atoms with Crippen LogP contribution in [0.2, 0.25) is 0 Å². The number of amides is 1. The maximum atomic E-state index is 12.8. The number of anilines is 2. The first-order valence-electron chi connectivity index (χ1n) is 10.5. The van der Waals surface area contributed by atoms with Crippen LogP contribution in [0.1, 0.15) is 55.4 Å². The summed E-state index contributed by atoms with van der Waals surface area (Å²) in [5.74, 6) is 0.567. The SMILES string of the molecule is COc1cc2c(cc1/C=C(\C#N)C(=O)Nc1ccc(C)cc1C)C(C)CC(C)(C)N2C. The number of hydrogen-bond donors (Lipinski definition) is 1. The van der Waals surface area contributed by atoms with Gasteiger partial charge in [0.25, 0.3) is 5.91 Å². The minimum atomic E-state index is -0.430. The average molecular weight is 418 g/mol. The molecule has 162 valence electrons. The van der Waals surface area contributed by atoms with Crippen LogP contribution in [0.5, 0.6) is 5.75 Å². The molecule has 31 heavy (non-hydrogen) atoms. The van der Waals surface area contributed by atoms with Gasteiger partial charge in [-0.05, 0) is 69.4 Å². The van der Waals surface area contributed by atoms with Gasteiger partial charge in [0.1, 0.15) is 17.4 Å². The third kappa shape index (κ3) is 4.44. The van der Waals surface area contributed by atoms with Crippen molar-refractivity contribution in [1.82, 2.24) is 0 Å². The standard InChI is InChI=1S/C26H31N3O2/c1-16-8-9-22(17(2)10-16)28-25(30)20(15-27)11-19-12-21-18(3)14-26(4,5)29(6)23(21)13-24(19)31-7/h8-13,18H,14H2,1-7H3,(H,28,30)/b20-11+. The van der Waals surface area contributed by atoms with Crippen LogP contribution >= 0.6 is 0 Å². The fourth-order valence-electron chi connectivity index (χ4n) is 4.35. The Morgan fingerprint density at radius 2 is 2.00 bits per heavy atom. The molecule has 0 aliphatic carbocycles. The lowest BCUT2D eigenvalue weighted by Gasteiger charge is -2.45. The summed E-state index contributed by atoms with van der Waals surface area (Å²) in [5, 5.41) is 12.5. The van der Waals surface area contributed by atoms with Crippen LogP contribution in [-0.4, -0.2) is 25.6 Å². The van der Waals surface area contributed by atoms with E-state index in [1.54, 1.807) is 13.2 Å². The number of nitrogens with zero attached hydrogens (tertiary/aromatic N) is 2. The quantitative estimate of drug-likeness (QED) is 0.521. The minimum Gasteiger partial charge on any atom is -0.496 e. The van der Waals surface area contributed by atoms with E-state index >= 15 is 0 Å². The second kappa shape index (κ2) is 8.47. The Labute approximate surface area is 185 Å². The fourth-order valence-corrected chi connectivity index (χ4v) is 4.35. The van der Waals surface area contributed by atoms with Crippen molar-refractivity contribution < 1.29 is 9.53 Å². The highest BCUT2D eigenvalue weighted by Crippen LogP contribution is 2.45. The Morgan fingerprint density at radius 3 is 2.61 bits per heavy atom. The van der Waals surface area contributed by atoms with Gasteiger partial charge in [-0.25, -0.2) is 0 Å². The lowest BCUT2D eigenvalue weighted by atomic mass is 9.80. The highest BCUT2D eigenvalue weighted by molar-refractivity contribution is 6.10. The molecule has 5 nitrogen and oxygen atoms in total. The van der Waals surface area contributed by atoms with Crippen molar-refractivity contribution in [2.24, 2.45) is 0 Å². The summed E-state index contributed by atoms with van der Waals surface area (Å²) in [5.41, 5.74) is 5.90. The number of ether oxygens (including phenoxy) is 1. The smallest absolute Gasteiger partial charge is 0.266 e. The Kier molecular flexibility index (Phi) is 6.13. The van der Waals surface area contributed by atoms with E-state index in [4.69, 9.17) is 4.74 Å². The van der Waals surface area contributed by atoms with Crippen LogP contribution in [0.4, 0.5) is 11.4 Å². The van der Waals surface area contributed by atoms with Gasteiger partial charge in [-0.1, -0.05) is 24.6 Å². The van der Waals surface area contributed by atoms with Crippen LogP contribution < -0.4 is 15.0 Å². The number of rotatable bonds is 4. The zero-order valence-corrected chi connectivity index (χ0v) is 19.5. The van der Waals surface area contributed by atoms with Gasteiger partial charge in [0.15, 0.2) is 0 Å². The van der Waals surface area contributed by atoms with Crippen molar-refractivity contribution in [2.75, 3.05) is 24.4 Å². The first-order valence-corrected chi connectivity index (χ1v) is 10.5. The fraction of sp³-hybridized carbons (Fsp3) is 0.385. The summed E-state index contributed by atoms with van der Waals surface area (Å²) < 4.78 is 5.63. The summed E-state index contributed by atoms with van der Waals surface area (Å²) in [7, 11) is 3.70. The largest absolute Gasteiger partial charge is 0.496 e. The molecule has 0 saturated carbocycles. The van der Waals surface area contributed by atoms with E-state index in [9.17, 15) is 10.1 Å². The molecule has 0 saturated heterocycles. The van der Waals surface area contributed by atoms with Gasteiger partial charge in [-0.15, -0.1) is 0 Å². The Bertz CT molecular complexity index is 1090. The van der Waals surface area contributed by atoms with E-state index < -0.39 is 5.91 Å². The number of benzene rings is 2. The molecular formula is C26H31N3O2. The molecule has 1 N–H and O–H groups in total. The summed E-state index contributed by atoms with van der Waals surface area (Å²) in [6.07, 6.45) is 2.63. The van der Waals surface area contributed by atoms with Crippen LogP contribution in [0.15, 0.2) is 35.9 Å². The number of methoxy groups -OCH3 is 1. The van der Waals surface area contributed by atoms with Gasteiger partial charge in [0.2, 0.25) is 0 Å². The number of aryl methyl sites for hydroxylation is 2. The van der Waals surface area contributed by atoms with Crippen molar-refractivity contribution >= 4 is 23.4 Å². The lowest BCUT2D eigenvalue weighted by molar-refractivity contribution is -0.112. The Hall–Kier alpha value is -3.26. The number of nitriles is 1.